The maximum absolute atomic E-state index is 14.6. The van der Waals surface area contributed by atoms with Crippen molar-refractivity contribution in [2.24, 2.45) is 7.05 Å². The van der Waals surface area contributed by atoms with Gasteiger partial charge in [-0.15, -0.1) is 0 Å². The number of ether oxygens (including phenoxy) is 1. The molecule has 0 aliphatic carbocycles. The Bertz CT molecular complexity index is 2370. The summed E-state index contributed by atoms with van der Waals surface area (Å²) in [5.74, 6) is -3.50. The zero-order valence-corrected chi connectivity index (χ0v) is 29.1. The summed E-state index contributed by atoms with van der Waals surface area (Å²) in [5, 5.41) is 18.8. The second kappa shape index (κ2) is 14.9. The van der Waals surface area contributed by atoms with E-state index in [1.54, 1.807) is 61.9 Å². The number of imide groups is 1. The molecule has 2 aliphatic heterocycles. The Morgan fingerprint density at radius 2 is 1.63 bits per heavy atom. The van der Waals surface area contributed by atoms with Crippen molar-refractivity contribution in [3.05, 3.63) is 106 Å². The van der Waals surface area contributed by atoms with Gasteiger partial charge in [-0.3, -0.25) is 28.9 Å². The second-order valence-corrected chi connectivity index (χ2v) is 13.3. The average molecular weight is 739 g/mol. The summed E-state index contributed by atoms with van der Waals surface area (Å²) in [6, 6.07) is 13.5. The third-order valence-corrected chi connectivity index (χ3v) is 9.53. The van der Waals surface area contributed by atoms with E-state index in [-0.39, 0.29) is 53.4 Å². The van der Waals surface area contributed by atoms with Crippen molar-refractivity contribution in [1.82, 2.24) is 19.8 Å². The molecule has 0 saturated carbocycles. The summed E-state index contributed by atoms with van der Waals surface area (Å²) in [4.78, 5) is 68.1. The van der Waals surface area contributed by atoms with Gasteiger partial charge < -0.3 is 35.3 Å². The van der Waals surface area contributed by atoms with E-state index in [4.69, 9.17) is 4.74 Å². The van der Waals surface area contributed by atoms with Crippen molar-refractivity contribution in [2.75, 3.05) is 17.2 Å². The second-order valence-electron chi connectivity index (χ2n) is 13.3. The number of unbranched alkanes of at least 4 members (excludes halogenated alkanes) is 2. The van der Waals surface area contributed by atoms with Gasteiger partial charge in [0.1, 0.15) is 29.4 Å². The molecule has 2 atom stereocenters. The number of rotatable bonds is 12. The molecule has 4 heterocycles. The number of H-pyrrole nitrogens is 1. The van der Waals surface area contributed by atoms with Crippen molar-refractivity contribution in [3.8, 4) is 22.6 Å². The number of pyridine rings is 1. The minimum absolute atomic E-state index is 0.180. The minimum atomic E-state index is -0.999. The summed E-state index contributed by atoms with van der Waals surface area (Å²) in [5.41, 5.74) is 2.68. The molecule has 2 unspecified atom stereocenters. The van der Waals surface area contributed by atoms with Crippen LogP contribution in [-0.2, 0) is 16.6 Å². The zero-order chi connectivity index (χ0) is 38.1. The lowest BCUT2D eigenvalue weighted by molar-refractivity contribution is -0.131. The highest BCUT2D eigenvalue weighted by molar-refractivity contribution is 6.23. The molecule has 2 aromatic heterocycles. The Balaban J connectivity index is 0.955. The molecule has 4 amide bonds. The van der Waals surface area contributed by atoms with E-state index in [0.29, 0.717) is 59.2 Å². The van der Waals surface area contributed by atoms with Crippen LogP contribution in [0.1, 0.15) is 59.2 Å². The van der Waals surface area contributed by atoms with Crippen molar-refractivity contribution >= 4 is 45.9 Å². The molecule has 1 saturated heterocycles. The Morgan fingerprint density at radius 1 is 0.870 bits per heavy atom. The third-order valence-electron chi connectivity index (χ3n) is 9.53. The fraction of sp³-hybridized carbons (Fsp3) is 0.256. The van der Waals surface area contributed by atoms with Crippen molar-refractivity contribution in [3.63, 3.8) is 0 Å². The number of halogens is 2. The van der Waals surface area contributed by atoms with Crippen molar-refractivity contribution in [1.29, 1.82) is 0 Å². The molecule has 0 spiro atoms. The average Bonchev–Trinajstić information content (AvgIpc) is 3.73. The van der Waals surface area contributed by atoms with Crippen molar-refractivity contribution < 1.29 is 37.8 Å². The molecule has 3 aromatic carbocycles. The monoisotopic (exact) mass is 738 g/mol. The van der Waals surface area contributed by atoms with E-state index >= 15 is 0 Å². The molecule has 7 rings (SSSR count). The van der Waals surface area contributed by atoms with Crippen LogP contribution in [0.15, 0.2) is 77.9 Å². The number of hydrogen-bond acceptors (Lipinski definition) is 8. The van der Waals surface area contributed by atoms with E-state index in [1.165, 1.54) is 10.6 Å². The molecule has 0 bridgehead atoms. The number of benzene rings is 3. The lowest BCUT2D eigenvalue weighted by Crippen LogP contribution is -2.55. The first-order valence-corrected chi connectivity index (χ1v) is 17.5. The predicted molar refractivity (Wildman–Crippen MR) is 195 cm³/mol. The smallest absolute Gasteiger partial charge is 0.274 e. The Kier molecular flexibility index (Phi) is 9.97. The number of aryl methyl sites for hydroxylation is 1. The highest BCUT2D eigenvalue weighted by atomic mass is 19.1. The number of aliphatic hydroxyl groups is 1. The van der Waals surface area contributed by atoms with E-state index in [9.17, 15) is 37.9 Å². The summed E-state index contributed by atoms with van der Waals surface area (Å²) in [6.45, 7) is 0.544. The molecule has 54 heavy (non-hydrogen) atoms. The predicted octanol–water partition coefficient (Wildman–Crippen LogP) is 5.41. The number of nitrogens with zero attached hydrogens (tertiary/aromatic N) is 2. The van der Waals surface area contributed by atoms with Gasteiger partial charge in [-0.25, -0.2) is 8.78 Å². The molecule has 1 fully saturated rings. The number of aliphatic hydroxyl groups excluding tert-OH is 1. The van der Waals surface area contributed by atoms with Gasteiger partial charge in [-0.1, -0.05) is 6.42 Å². The number of hydrogen-bond donors (Lipinski definition) is 5. The van der Waals surface area contributed by atoms with Crippen LogP contribution in [0.2, 0.25) is 0 Å². The maximum Gasteiger partial charge on any atom is 0.274 e. The minimum Gasteiger partial charge on any atom is -0.454 e. The topological polar surface area (TPSA) is 175 Å². The highest BCUT2D eigenvalue weighted by Crippen LogP contribution is 2.39. The standard InChI is InChI=1S/C39H36F2N6O7/c1-46-20-28(24-14-16-43-35(24)39(46)53)26-19-23(8-12-31(26)54-32-11-6-21(40)17-29(32)41)44-33(48)5-3-2-4-15-42-22-7-9-25-27(18-22)38(52)47(37(25)51)30-10-13-34(49)45-36(30)50/h6-9,11-12,14,16-20,30,34,42-43,49H,2-5,10,13,15H2,1H3,(H,44,48)(H,45,50). The number of amides is 4. The van der Waals surface area contributed by atoms with Gasteiger partial charge in [0.15, 0.2) is 11.6 Å². The van der Waals surface area contributed by atoms with E-state index in [0.717, 1.165) is 17.0 Å². The fourth-order valence-electron chi connectivity index (χ4n) is 6.79. The largest absolute Gasteiger partial charge is 0.454 e. The van der Waals surface area contributed by atoms with Gasteiger partial charge in [0.2, 0.25) is 11.8 Å². The van der Waals surface area contributed by atoms with Gasteiger partial charge in [-0.05, 0) is 80.3 Å². The summed E-state index contributed by atoms with van der Waals surface area (Å²) in [7, 11) is 1.60. The van der Waals surface area contributed by atoms with Crippen LogP contribution in [0.4, 0.5) is 20.2 Å². The molecular formula is C39H36F2N6O7. The Labute approximate surface area is 306 Å². The highest BCUT2D eigenvalue weighted by Gasteiger charge is 2.44. The Morgan fingerprint density at radius 3 is 2.43 bits per heavy atom. The van der Waals surface area contributed by atoms with Crippen LogP contribution < -0.4 is 26.2 Å². The van der Waals surface area contributed by atoms with Crippen LogP contribution in [0, 0.1) is 11.6 Å². The van der Waals surface area contributed by atoms with Crippen LogP contribution in [0.25, 0.3) is 22.0 Å². The number of aromatic nitrogens is 2. The number of fused-ring (bicyclic) bond motifs is 2. The van der Waals surface area contributed by atoms with Gasteiger partial charge in [0, 0.05) is 66.4 Å². The molecule has 5 aromatic rings. The molecule has 13 nitrogen and oxygen atoms in total. The molecule has 0 radical (unpaired) electrons. The van der Waals surface area contributed by atoms with Gasteiger partial charge in [-0.2, -0.15) is 0 Å². The number of nitrogens with one attached hydrogen (secondary N) is 4. The first-order valence-electron chi connectivity index (χ1n) is 17.5. The molecule has 2 aliphatic rings. The number of carbonyl (C=O) groups excluding carboxylic acids is 4. The van der Waals surface area contributed by atoms with E-state index < -0.39 is 41.6 Å². The van der Waals surface area contributed by atoms with Gasteiger partial charge in [0.25, 0.3) is 17.4 Å². The normalized spacial score (nSPS) is 16.7. The molecular weight excluding hydrogens is 702 g/mol. The molecule has 278 valence electrons. The lowest BCUT2D eigenvalue weighted by atomic mass is 10.0. The first-order chi connectivity index (χ1) is 26.0. The fourth-order valence-corrected chi connectivity index (χ4v) is 6.79. The first kappa shape index (κ1) is 36.0. The van der Waals surface area contributed by atoms with Gasteiger partial charge >= 0.3 is 0 Å². The number of piperidine rings is 1. The molecule has 5 N–H and O–H groups in total. The third kappa shape index (κ3) is 7.17. The van der Waals surface area contributed by atoms with Crippen LogP contribution in [0.5, 0.6) is 11.5 Å². The number of anilines is 2. The maximum atomic E-state index is 14.6. The quantitative estimate of drug-likeness (QED) is 0.0835. The van der Waals surface area contributed by atoms with E-state index in [2.05, 4.69) is 20.9 Å². The zero-order valence-electron chi connectivity index (χ0n) is 29.1. The summed E-state index contributed by atoms with van der Waals surface area (Å²) < 4.78 is 35.4. The van der Waals surface area contributed by atoms with Crippen LogP contribution >= 0.6 is 0 Å². The number of aromatic amines is 1. The Hall–Kier alpha value is -6.35. The van der Waals surface area contributed by atoms with Gasteiger partial charge in [0.05, 0.1) is 11.1 Å². The summed E-state index contributed by atoms with van der Waals surface area (Å²) in [6.07, 6.45) is 4.91. The van der Waals surface area contributed by atoms with Crippen LogP contribution in [-0.4, -0.2) is 62.0 Å². The lowest BCUT2D eigenvalue weighted by Gasteiger charge is -2.31. The van der Waals surface area contributed by atoms with E-state index in [1.807, 2.05) is 0 Å². The SMILES string of the molecule is Cn1cc(-c2cc(NC(=O)CCCCCNc3ccc4c(c3)C(=O)N(C3CCC(O)NC3=O)C4=O)ccc2Oc2ccc(F)cc2F)c2cc[nH]c2c1=O. The number of carbonyl (C=O) groups is 4. The summed E-state index contributed by atoms with van der Waals surface area (Å²) >= 11 is 0. The van der Waals surface area contributed by atoms with Crippen molar-refractivity contribution in [2.45, 2.75) is 50.8 Å². The molecule has 15 heteroatoms. The van der Waals surface area contributed by atoms with Crippen LogP contribution in [0.3, 0.4) is 0 Å².